The molecule has 2 N–H and O–H groups in total. The zero-order chi connectivity index (χ0) is 21.2. The topological polar surface area (TPSA) is 99.2 Å². The smallest absolute Gasteiger partial charge is 0.243 e. The van der Waals surface area contributed by atoms with Crippen molar-refractivity contribution in [1.29, 1.82) is 0 Å². The molecule has 3 heterocycles. The molecule has 1 amide bonds. The molecule has 9 heteroatoms. The first-order valence-electron chi connectivity index (χ1n) is 10.8. The van der Waals surface area contributed by atoms with E-state index in [1.54, 1.807) is 24.3 Å². The molecule has 1 aromatic rings. The van der Waals surface area contributed by atoms with Crippen molar-refractivity contribution in [1.82, 2.24) is 9.21 Å². The quantitative estimate of drug-likeness (QED) is 0.723. The molecule has 0 saturated carbocycles. The van der Waals surface area contributed by atoms with Gasteiger partial charge in [0.15, 0.2) is 0 Å². The maximum atomic E-state index is 12.7. The Hall–Kier alpha value is -1.52. The molecule has 1 aromatic carbocycles. The zero-order valence-electron chi connectivity index (χ0n) is 17.3. The van der Waals surface area contributed by atoms with E-state index in [2.05, 4.69) is 5.32 Å². The van der Waals surface area contributed by atoms with E-state index < -0.39 is 21.7 Å². The van der Waals surface area contributed by atoms with E-state index in [1.807, 2.05) is 4.90 Å². The third-order valence-corrected chi connectivity index (χ3v) is 8.39. The summed E-state index contributed by atoms with van der Waals surface area (Å²) in [7, 11) is -3.47. The Morgan fingerprint density at radius 2 is 1.83 bits per heavy atom. The van der Waals surface area contributed by atoms with E-state index in [4.69, 9.17) is 4.74 Å². The number of sulfonamides is 1. The van der Waals surface area contributed by atoms with Crippen LogP contribution in [0.2, 0.25) is 0 Å². The van der Waals surface area contributed by atoms with E-state index in [1.165, 1.54) is 4.31 Å². The molecule has 4 rings (SSSR count). The summed E-state index contributed by atoms with van der Waals surface area (Å²) in [6, 6.07) is 6.35. The molecule has 0 bridgehead atoms. The first-order valence-corrected chi connectivity index (χ1v) is 12.3. The van der Waals surface area contributed by atoms with Crippen LogP contribution in [0.25, 0.3) is 0 Å². The average molecular weight is 438 g/mol. The van der Waals surface area contributed by atoms with E-state index in [0.717, 1.165) is 38.5 Å². The van der Waals surface area contributed by atoms with Crippen molar-refractivity contribution >= 4 is 21.6 Å². The van der Waals surface area contributed by atoms with Crippen LogP contribution in [0.3, 0.4) is 0 Å². The van der Waals surface area contributed by atoms with E-state index in [0.29, 0.717) is 38.5 Å². The maximum absolute atomic E-state index is 12.7. The Morgan fingerprint density at radius 3 is 2.47 bits per heavy atom. The number of benzene rings is 1. The number of carbonyl (C=O) groups is 1. The van der Waals surface area contributed by atoms with Crippen LogP contribution in [0.15, 0.2) is 29.2 Å². The molecular weight excluding hydrogens is 406 g/mol. The molecule has 3 fully saturated rings. The van der Waals surface area contributed by atoms with E-state index >= 15 is 0 Å². The number of carbonyl (C=O) groups excluding carboxylic acids is 1. The van der Waals surface area contributed by atoms with Gasteiger partial charge in [0.05, 0.1) is 23.1 Å². The van der Waals surface area contributed by atoms with Gasteiger partial charge in [0.25, 0.3) is 0 Å². The minimum atomic E-state index is -3.47. The van der Waals surface area contributed by atoms with Crippen molar-refractivity contribution in [3.05, 3.63) is 24.3 Å². The van der Waals surface area contributed by atoms with Crippen LogP contribution in [-0.2, 0) is 19.6 Å². The molecule has 0 aromatic heterocycles. The largest absolute Gasteiger partial charge is 0.389 e. The second kappa shape index (κ2) is 8.92. The summed E-state index contributed by atoms with van der Waals surface area (Å²) in [4.78, 5) is 14.6. The highest BCUT2D eigenvalue weighted by Crippen LogP contribution is 2.35. The van der Waals surface area contributed by atoms with E-state index in [9.17, 15) is 18.3 Å². The van der Waals surface area contributed by atoms with Crippen LogP contribution in [0.4, 0.5) is 5.69 Å². The summed E-state index contributed by atoms with van der Waals surface area (Å²) in [5, 5.41) is 13.3. The number of amides is 1. The second-order valence-electron chi connectivity index (χ2n) is 8.56. The average Bonchev–Trinajstić information content (AvgIpc) is 3.22. The number of likely N-dealkylation sites (tertiary alicyclic amines) is 1. The number of piperidine rings is 2. The van der Waals surface area contributed by atoms with Crippen LogP contribution in [0, 0.1) is 0 Å². The first-order chi connectivity index (χ1) is 14.4. The Kier molecular flexibility index (Phi) is 6.45. The van der Waals surface area contributed by atoms with Crippen LogP contribution in [-0.4, -0.2) is 79.7 Å². The predicted octanol–water partition coefficient (Wildman–Crippen LogP) is 1.42. The van der Waals surface area contributed by atoms with Gasteiger partial charge < -0.3 is 15.2 Å². The number of β-amino-alcohol motifs (C(OH)–C–C–N with tert-alkyl or cyclic N) is 1. The third kappa shape index (κ3) is 4.55. The molecule has 0 unspecified atom stereocenters. The van der Waals surface area contributed by atoms with Gasteiger partial charge >= 0.3 is 0 Å². The van der Waals surface area contributed by atoms with Gasteiger partial charge in [-0.2, -0.15) is 4.31 Å². The number of nitrogens with one attached hydrogen (secondary N) is 1. The minimum Gasteiger partial charge on any atom is -0.389 e. The Labute approximate surface area is 178 Å². The number of hydrogen-bond donors (Lipinski definition) is 2. The molecule has 1 spiro atoms. The fraction of sp³-hybridized carbons (Fsp3) is 0.667. The van der Waals surface area contributed by atoms with Gasteiger partial charge in [-0.3, -0.25) is 9.69 Å². The lowest BCUT2D eigenvalue weighted by Gasteiger charge is -2.42. The summed E-state index contributed by atoms with van der Waals surface area (Å²) in [5.74, 6) is -0.183. The molecule has 0 radical (unpaired) electrons. The molecule has 30 heavy (non-hydrogen) atoms. The summed E-state index contributed by atoms with van der Waals surface area (Å²) in [5.41, 5.74) is 0.133. The molecule has 0 aliphatic carbocycles. The molecule has 3 saturated heterocycles. The minimum absolute atomic E-state index is 0.182. The van der Waals surface area contributed by atoms with Gasteiger partial charge in [-0.25, -0.2) is 8.42 Å². The van der Waals surface area contributed by atoms with Crippen molar-refractivity contribution in [2.24, 2.45) is 0 Å². The molecule has 166 valence electrons. The Morgan fingerprint density at radius 1 is 1.10 bits per heavy atom. The van der Waals surface area contributed by atoms with Crippen molar-refractivity contribution in [3.63, 3.8) is 0 Å². The summed E-state index contributed by atoms with van der Waals surface area (Å²) in [6.45, 7) is 3.13. The van der Waals surface area contributed by atoms with E-state index in [-0.39, 0.29) is 17.3 Å². The van der Waals surface area contributed by atoms with Crippen LogP contribution < -0.4 is 5.32 Å². The lowest BCUT2D eigenvalue weighted by Crippen LogP contribution is -2.56. The second-order valence-corrected chi connectivity index (χ2v) is 10.5. The number of hydrogen-bond acceptors (Lipinski definition) is 6. The van der Waals surface area contributed by atoms with Crippen molar-refractivity contribution in [2.45, 2.75) is 55.1 Å². The third-order valence-electron chi connectivity index (χ3n) is 6.48. The number of aliphatic hydroxyl groups is 1. The van der Waals surface area contributed by atoms with Crippen molar-refractivity contribution < 1.29 is 23.1 Å². The lowest BCUT2D eigenvalue weighted by molar-refractivity contribution is -0.135. The highest BCUT2D eigenvalue weighted by atomic mass is 32.2. The highest BCUT2D eigenvalue weighted by Gasteiger charge is 2.45. The standard InChI is InChI=1S/C21H31N3O5S/c25-19-15-23(13-10-21(19)9-4-14-29-21)16-20(26)22-17-5-7-18(8-6-17)30(27,28)24-11-2-1-3-12-24/h5-8,19,25H,1-4,9-16H2,(H,22,26)/t19-,21-/m0/s1. The molecule has 8 nitrogen and oxygen atoms in total. The van der Waals surface area contributed by atoms with Gasteiger partial charge in [-0.1, -0.05) is 6.42 Å². The summed E-state index contributed by atoms with van der Waals surface area (Å²) in [6.07, 6.45) is 4.85. The highest BCUT2D eigenvalue weighted by molar-refractivity contribution is 7.89. The Bertz CT molecular complexity index is 846. The molecular formula is C21H31N3O5S. The first kappa shape index (κ1) is 21.7. The number of nitrogens with zero attached hydrogens (tertiary/aromatic N) is 2. The number of anilines is 1. The normalized spacial score (nSPS) is 28.6. The molecule has 3 aliphatic heterocycles. The zero-order valence-corrected chi connectivity index (χ0v) is 18.1. The Balaban J connectivity index is 1.31. The lowest BCUT2D eigenvalue weighted by atomic mass is 9.86. The van der Waals surface area contributed by atoms with Crippen molar-refractivity contribution in [3.8, 4) is 0 Å². The fourth-order valence-electron chi connectivity index (χ4n) is 4.71. The summed E-state index contributed by atoms with van der Waals surface area (Å²) < 4.78 is 32.8. The van der Waals surface area contributed by atoms with Gasteiger partial charge in [0.2, 0.25) is 15.9 Å². The SMILES string of the molecule is O=C(CN1CC[C@@]2(CCCO2)[C@@H](O)C1)Nc1ccc(S(=O)(=O)N2CCCCC2)cc1. The summed E-state index contributed by atoms with van der Waals surface area (Å²) >= 11 is 0. The van der Waals surface area contributed by atoms with Gasteiger partial charge in [-0.15, -0.1) is 0 Å². The van der Waals surface area contributed by atoms with Crippen molar-refractivity contribution in [2.75, 3.05) is 44.6 Å². The number of rotatable bonds is 5. The van der Waals surface area contributed by atoms with Gasteiger partial charge in [0, 0.05) is 38.5 Å². The fourth-order valence-corrected chi connectivity index (χ4v) is 6.22. The van der Waals surface area contributed by atoms with Gasteiger partial charge in [0.1, 0.15) is 0 Å². The number of aliphatic hydroxyl groups excluding tert-OH is 1. The van der Waals surface area contributed by atoms with Crippen LogP contribution in [0.1, 0.15) is 38.5 Å². The monoisotopic (exact) mass is 437 g/mol. The maximum Gasteiger partial charge on any atom is 0.243 e. The molecule has 2 atom stereocenters. The molecule has 3 aliphatic rings. The van der Waals surface area contributed by atoms with Crippen LogP contribution in [0.5, 0.6) is 0 Å². The predicted molar refractivity (Wildman–Crippen MR) is 113 cm³/mol. The van der Waals surface area contributed by atoms with Crippen LogP contribution >= 0.6 is 0 Å². The van der Waals surface area contributed by atoms with Gasteiger partial charge in [-0.05, 0) is 56.4 Å². The number of ether oxygens (including phenoxy) is 1.